The molecule has 0 aromatic carbocycles. The number of carbonyl (C=O) groups is 2. The zero-order chi connectivity index (χ0) is 22.4. The fourth-order valence-electron chi connectivity index (χ4n) is 4.62. The van der Waals surface area contributed by atoms with Crippen molar-refractivity contribution in [2.45, 2.75) is 57.4 Å². The van der Waals surface area contributed by atoms with Gasteiger partial charge in [-0.25, -0.2) is 14.8 Å². The zero-order valence-electron chi connectivity index (χ0n) is 18.4. The molecule has 168 valence electrons. The molecule has 6 nitrogen and oxygen atoms in total. The van der Waals surface area contributed by atoms with Gasteiger partial charge in [0.15, 0.2) is 0 Å². The van der Waals surface area contributed by atoms with Crippen molar-refractivity contribution in [1.29, 1.82) is 0 Å². The van der Waals surface area contributed by atoms with Crippen molar-refractivity contribution >= 4 is 61.5 Å². The molecule has 1 atom stereocenters. The Kier molecular flexibility index (Phi) is 5.98. The molecule has 0 bridgehead atoms. The Balaban J connectivity index is 1.37. The van der Waals surface area contributed by atoms with Crippen LogP contribution in [-0.2, 0) is 35.2 Å². The van der Waals surface area contributed by atoms with Gasteiger partial charge in [0, 0.05) is 15.1 Å². The van der Waals surface area contributed by atoms with Crippen molar-refractivity contribution < 1.29 is 14.3 Å². The van der Waals surface area contributed by atoms with Crippen LogP contribution < -0.4 is 5.32 Å². The van der Waals surface area contributed by atoms with E-state index in [0.29, 0.717) is 16.5 Å². The van der Waals surface area contributed by atoms with E-state index in [0.717, 1.165) is 58.7 Å². The lowest BCUT2D eigenvalue weighted by Gasteiger charge is -2.18. The molecule has 0 fully saturated rings. The Morgan fingerprint density at radius 2 is 2.00 bits per heavy atom. The molecular weight excluding hydrogens is 462 g/mol. The van der Waals surface area contributed by atoms with E-state index in [9.17, 15) is 9.59 Å². The molecule has 2 aliphatic carbocycles. The lowest BCUT2D eigenvalue weighted by atomic mass is 9.88. The maximum Gasteiger partial charge on any atom is 0.341 e. The van der Waals surface area contributed by atoms with Gasteiger partial charge in [0.05, 0.1) is 18.4 Å². The van der Waals surface area contributed by atoms with Gasteiger partial charge in [-0.15, -0.1) is 22.7 Å². The average molecular weight is 488 g/mol. The highest BCUT2D eigenvalue weighted by molar-refractivity contribution is 8.00. The highest BCUT2D eigenvalue weighted by Crippen LogP contribution is 2.42. The van der Waals surface area contributed by atoms with E-state index in [1.165, 1.54) is 51.9 Å². The Morgan fingerprint density at radius 1 is 1.16 bits per heavy atom. The maximum absolute atomic E-state index is 12.9. The van der Waals surface area contributed by atoms with Gasteiger partial charge in [0.25, 0.3) is 0 Å². The van der Waals surface area contributed by atoms with Crippen LogP contribution in [0.1, 0.15) is 56.8 Å². The molecule has 5 rings (SSSR count). The molecule has 3 heterocycles. The minimum absolute atomic E-state index is 0.136. The van der Waals surface area contributed by atoms with Crippen molar-refractivity contribution in [3.8, 4) is 0 Å². The lowest BCUT2D eigenvalue weighted by molar-refractivity contribution is -0.113. The molecule has 2 aliphatic rings. The number of amides is 1. The van der Waals surface area contributed by atoms with Crippen molar-refractivity contribution in [1.82, 2.24) is 9.97 Å². The first-order chi connectivity index (χ1) is 15.4. The maximum atomic E-state index is 12.9. The van der Waals surface area contributed by atoms with E-state index in [-0.39, 0.29) is 17.6 Å². The minimum Gasteiger partial charge on any atom is -0.465 e. The van der Waals surface area contributed by atoms with Crippen molar-refractivity contribution in [3.63, 3.8) is 0 Å². The summed E-state index contributed by atoms with van der Waals surface area (Å²) in [6, 6.07) is 0. The number of nitrogens with zero attached hydrogens (tertiary/aromatic N) is 2. The highest BCUT2D eigenvalue weighted by atomic mass is 32.2. The normalized spacial score (nSPS) is 17.3. The first-order valence-electron chi connectivity index (χ1n) is 10.9. The highest BCUT2D eigenvalue weighted by Gasteiger charge is 2.29. The number of rotatable bonds is 5. The van der Waals surface area contributed by atoms with Gasteiger partial charge in [0.1, 0.15) is 20.7 Å². The molecule has 32 heavy (non-hydrogen) atoms. The fourth-order valence-corrected chi connectivity index (χ4v) is 8.31. The third-order valence-electron chi connectivity index (χ3n) is 6.14. The fraction of sp³-hybridized carbons (Fsp3) is 0.478. The molecule has 9 heteroatoms. The number of esters is 1. The lowest BCUT2D eigenvalue weighted by Crippen LogP contribution is -2.17. The molecule has 0 aliphatic heterocycles. The number of aryl methyl sites for hydroxylation is 3. The number of thioether (sulfide) groups is 1. The van der Waals surface area contributed by atoms with Gasteiger partial charge in [-0.1, -0.05) is 18.7 Å². The van der Waals surface area contributed by atoms with Crippen LogP contribution in [0.25, 0.3) is 10.2 Å². The van der Waals surface area contributed by atoms with Crippen LogP contribution in [-0.4, -0.2) is 34.7 Å². The summed E-state index contributed by atoms with van der Waals surface area (Å²) >= 11 is 4.73. The summed E-state index contributed by atoms with van der Waals surface area (Å²) in [6.07, 6.45) is 6.18. The van der Waals surface area contributed by atoms with Crippen LogP contribution in [0.4, 0.5) is 5.00 Å². The van der Waals surface area contributed by atoms with Crippen LogP contribution in [0.3, 0.4) is 0 Å². The van der Waals surface area contributed by atoms with Crippen LogP contribution in [0.5, 0.6) is 0 Å². The zero-order valence-corrected chi connectivity index (χ0v) is 20.8. The summed E-state index contributed by atoms with van der Waals surface area (Å²) in [5.74, 6) is 1.04. The summed E-state index contributed by atoms with van der Waals surface area (Å²) < 4.78 is 5.03. The number of nitrogens with one attached hydrogen (secondary N) is 1. The molecule has 1 unspecified atom stereocenters. The smallest absolute Gasteiger partial charge is 0.341 e. The topological polar surface area (TPSA) is 81.2 Å². The van der Waals surface area contributed by atoms with Crippen LogP contribution in [0.2, 0.25) is 0 Å². The number of fused-ring (bicyclic) bond motifs is 4. The molecule has 3 aromatic heterocycles. The van der Waals surface area contributed by atoms with E-state index < -0.39 is 0 Å². The first kappa shape index (κ1) is 21.9. The summed E-state index contributed by atoms with van der Waals surface area (Å²) in [5.41, 5.74) is 2.94. The van der Waals surface area contributed by atoms with E-state index in [4.69, 9.17) is 4.74 Å². The van der Waals surface area contributed by atoms with Gasteiger partial charge >= 0.3 is 5.97 Å². The number of carbonyl (C=O) groups excluding carboxylic acids is 2. The second kappa shape index (κ2) is 8.76. The number of aromatic nitrogens is 2. The summed E-state index contributed by atoms with van der Waals surface area (Å²) in [5, 5.41) is 5.62. The third kappa shape index (κ3) is 3.95. The molecule has 0 saturated carbocycles. The molecule has 1 N–H and O–H groups in total. The van der Waals surface area contributed by atoms with E-state index in [2.05, 4.69) is 22.2 Å². The van der Waals surface area contributed by atoms with E-state index in [1.807, 2.05) is 6.92 Å². The van der Waals surface area contributed by atoms with E-state index in [1.54, 1.807) is 11.3 Å². The summed E-state index contributed by atoms with van der Waals surface area (Å²) in [7, 11) is 1.39. The van der Waals surface area contributed by atoms with Gasteiger partial charge < -0.3 is 10.1 Å². The predicted molar refractivity (Wildman–Crippen MR) is 130 cm³/mol. The molecule has 1 amide bonds. The standard InChI is InChI=1S/C23H25N3O3S3/c1-11-7-8-14-16(9-11)32-22(19(14)23(28)29-3)26-17(27)10-30-20-18-13-5-4-6-15(13)31-21(18)25-12(2)24-20/h11H,4-10H2,1-3H3,(H,26,27). The van der Waals surface area contributed by atoms with Crippen LogP contribution in [0, 0.1) is 12.8 Å². The molecule has 3 aromatic rings. The second-order valence-corrected chi connectivity index (χ2v) is 11.7. The van der Waals surface area contributed by atoms with E-state index >= 15 is 0 Å². The molecule has 0 saturated heterocycles. The Hall–Kier alpha value is -1.97. The van der Waals surface area contributed by atoms with Crippen molar-refractivity contribution in [2.24, 2.45) is 5.92 Å². The van der Waals surface area contributed by atoms with Crippen molar-refractivity contribution in [2.75, 3.05) is 18.2 Å². The van der Waals surface area contributed by atoms with Crippen LogP contribution >= 0.6 is 34.4 Å². The van der Waals surface area contributed by atoms with Gasteiger partial charge in [0.2, 0.25) is 5.91 Å². The predicted octanol–water partition coefficient (Wildman–Crippen LogP) is 5.19. The minimum atomic E-state index is -0.373. The number of ether oxygens (including phenoxy) is 1. The number of hydrogen-bond acceptors (Lipinski definition) is 8. The Labute approximate surface area is 199 Å². The largest absolute Gasteiger partial charge is 0.465 e. The summed E-state index contributed by atoms with van der Waals surface area (Å²) in [6.45, 7) is 4.12. The van der Waals surface area contributed by atoms with Gasteiger partial charge in [-0.2, -0.15) is 0 Å². The Bertz CT molecular complexity index is 1230. The quantitative estimate of drug-likeness (QED) is 0.303. The number of anilines is 1. The van der Waals surface area contributed by atoms with Gasteiger partial charge in [-0.3, -0.25) is 4.79 Å². The SMILES string of the molecule is COC(=O)c1c(NC(=O)CSc2nc(C)nc3sc4c(c23)CCC4)sc2c1CCC(C)C2. The molecular formula is C23H25N3O3S3. The molecule has 0 spiro atoms. The monoisotopic (exact) mass is 487 g/mol. The van der Waals surface area contributed by atoms with Crippen LogP contribution in [0.15, 0.2) is 5.03 Å². The number of methoxy groups -OCH3 is 1. The van der Waals surface area contributed by atoms with Gasteiger partial charge in [-0.05, 0) is 62.5 Å². The second-order valence-electron chi connectivity index (χ2n) is 8.50. The molecule has 0 radical (unpaired) electrons. The number of hydrogen-bond donors (Lipinski definition) is 1. The third-order valence-corrected chi connectivity index (χ3v) is 9.47. The summed E-state index contributed by atoms with van der Waals surface area (Å²) in [4.78, 5) is 38.3. The average Bonchev–Trinajstić information content (AvgIpc) is 3.43. The van der Waals surface area contributed by atoms with Crippen molar-refractivity contribution in [3.05, 3.63) is 32.3 Å². The first-order valence-corrected chi connectivity index (χ1v) is 13.5. The Morgan fingerprint density at radius 3 is 2.81 bits per heavy atom. The number of thiophene rings is 2.